The molecule has 4 atom stereocenters. The fourth-order valence-corrected chi connectivity index (χ4v) is 3.43. The minimum atomic E-state index is -0.171. The van der Waals surface area contributed by atoms with Gasteiger partial charge in [-0.25, -0.2) is 0 Å². The lowest BCUT2D eigenvalue weighted by atomic mass is 9.81. The van der Waals surface area contributed by atoms with Gasteiger partial charge in [0, 0.05) is 11.9 Å². The normalized spacial score (nSPS) is 42.9. The summed E-state index contributed by atoms with van der Waals surface area (Å²) < 4.78 is 5.63. The molecular weight excluding hydrogens is 262 g/mol. The second-order valence-electron chi connectivity index (χ2n) is 4.36. The van der Waals surface area contributed by atoms with Crippen molar-refractivity contribution < 1.29 is 14.3 Å². The summed E-state index contributed by atoms with van der Waals surface area (Å²) in [4.78, 5) is 25.4. The summed E-state index contributed by atoms with van der Waals surface area (Å²) in [5.41, 5.74) is 0. The van der Waals surface area contributed by atoms with Gasteiger partial charge in [0.1, 0.15) is 0 Å². The number of fused-ring (bicyclic) bond motifs is 5. The molecule has 2 amide bonds. The Hall–Kier alpha value is -0.420. The predicted octanol–water partition coefficient (Wildman–Crippen LogP) is 0.544. The zero-order chi connectivity index (χ0) is 10.6. The molecule has 3 aliphatic rings. The van der Waals surface area contributed by atoms with Crippen LogP contribution in [0.5, 0.6) is 0 Å². The molecule has 0 N–H and O–H groups in total. The highest BCUT2D eigenvalue weighted by atomic mass is 79.9. The number of hydrogen-bond acceptors (Lipinski definition) is 3. The van der Waals surface area contributed by atoms with E-state index >= 15 is 0 Å². The number of hydrogen-bond donors (Lipinski definition) is 0. The van der Waals surface area contributed by atoms with Crippen molar-refractivity contribution in [1.29, 1.82) is 0 Å². The Bertz CT molecular complexity index is 305. The van der Waals surface area contributed by atoms with E-state index < -0.39 is 0 Å². The van der Waals surface area contributed by atoms with Crippen molar-refractivity contribution in [3.63, 3.8) is 0 Å². The monoisotopic (exact) mass is 273 g/mol. The van der Waals surface area contributed by atoms with E-state index in [1.807, 2.05) is 0 Å². The van der Waals surface area contributed by atoms with Gasteiger partial charge in [0.25, 0.3) is 0 Å². The molecule has 0 saturated carbocycles. The molecule has 0 spiro atoms. The maximum atomic E-state index is 12.0. The molecule has 3 fully saturated rings. The van der Waals surface area contributed by atoms with Crippen LogP contribution in [0.25, 0.3) is 0 Å². The SMILES string of the molecule is O=C1C2C3CCC(O3)C2C(=O)N1CCBr. The van der Waals surface area contributed by atoms with Crippen molar-refractivity contribution >= 4 is 27.7 Å². The minimum absolute atomic E-state index is 0.0109. The molecule has 3 heterocycles. The molecule has 0 aliphatic carbocycles. The van der Waals surface area contributed by atoms with Crippen molar-refractivity contribution in [3.05, 3.63) is 0 Å². The molecule has 82 valence electrons. The first kappa shape index (κ1) is 9.78. The molecule has 0 radical (unpaired) electrons. The van der Waals surface area contributed by atoms with Crippen LogP contribution in [0.15, 0.2) is 0 Å². The number of likely N-dealkylation sites (tertiary alicyclic amines) is 1. The lowest BCUT2D eigenvalue weighted by Crippen LogP contribution is -2.35. The second kappa shape index (κ2) is 3.28. The van der Waals surface area contributed by atoms with Crippen molar-refractivity contribution in [2.24, 2.45) is 11.8 Å². The fourth-order valence-electron chi connectivity index (χ4n) is 3.08. The summed E-state index contributed by atoms with van der Waals surface area (Å²) in [6.45, 7) is 0.490. The molecule has 5 heteroatoms. The van der Waals surface area contributed by atoms with Gasteiger partial charge in [0.2, 0.25) is 11.8 Å². The van der Waals surface area contributed by atoms with Gasteiger partial charge in [-0.1, -0.05) is 15.9 Å². The summed E-state index contributed by atoms with van der Waals surface area (Å²) in [6, 6.07) is 0. The largest absolute Gasteiger partial charge is 0.373 e. The maximum Gasteiger partial charge on any atom is 0.235 e. The van der Waals surface area contributed by atoms with E-state index in [1.165, 1.54) is 4.90 Å². The summed E-state index contributed by atoms with van der Waals surface area (Å²) in [5.74, 6) is -0.376. The van der Waals surface area contributed by atoms with Crippen LogP contribution in [0.3, 0.4) is 0 Å². The van der Waals surface area contributed by atoms with E-state index in [1.54, 1.807) is 0 Å². The molecule has 2 bridgehead atoms. The van der Waals surface area contributed by atoms with Gasteiger partial charge in [-0.3, -0.25) is 14.5 Å². The standard InChI is InChI=1S/C10H12BrNO3/c11-3-4-12-9(13)7-5-1-2-6(15-5)8(7)10(12)14/h5-8H,1-4H2. The van der Waals surface area contributed by atoms with Crippen LogP contribution >= 0.6 is 15.9 Å². The number of carbonyl (C=O) groups is 2. The lowest BCUT2D eigenvalue weighted by molar-refractivity contribution is -0.142. The first-order valence-corrected chi connectivity index (χ1v) is 6.43. The molecule has 4 nitrogen and oxygen atoms in total. The zero-order valence-electron chi connectivity index (χ0n) is 8.19. The summed E-state index contributed by atoms with van der Waals surface area (Å²) in [5, 5.41) is 0.653. The van der Waals surface area contributed by atoms with E-state index in [0.717, 1.165) is 12.8 Å². The number of carbonyl (C=O) groups excluding carboxylic acids is 2. The number of rotatable bonds is 2. The smallest absolute Gasteiger partial charge is 0.235 e. The Kier molecular flexibility index (Phi) is 2.14. The van der Waals surface area contributed by atoms with E-state index in [-0.39, 0.29) is 35.9 Å². The molecule has 3 saturated heterocycles. The van der Waals surface area contributed by atoms with Crippen molar-refractivity contribution in [1.82, 2.24) is 4.90 Å². The van der Waals surface area contributed by atoms with Gasteiger partial charge in [0.15, 0.2) is 0 Å². The van der Waals surface area contributed by atoms with E-state index in [4.69, 9.17) is 4.74 Å². The van der Waals surface area contributed by atoms with Crippen LogP contribution in [-0.2, 0) is 14.3 Å². The molecule has 4 unspecified atom stereocenters. The topological polar surface area (TPSA) is 46.6 Å². The van der Waals surface area contributed by atoms with Gasteiger partial charge in [-0.05, 0) is 12.8 Å². The molecule has 0 aromatic rings. The summed E-state index contributed by atoms with van der Waals surface area (Å²) in [7, 11) is 0. The average molecular weight is 274 g/mol. The van der Waals surface area contributed by atoms with Crippen molar-refractivity contribution in [3.8, 4) is 0 Å². The Morgan fingerprint density at radius 2 is 1.73 bits per heavy atom. The van der Waals surface area contributed by atoms with E-state index in [2.05, 4.69) is 15.9 Å². The van der Waals surface area contributed by atoms with Gasteiger partial charge >= 0.3 is 0 Å². The van der Waals surface area contributed by atoms with Gasteiger partial charge in [0.05, 0.1) is 24.0 Å². The highest BCUT2D eigenvalue weighted by Crippen LogP contribution is 2.48. The zero-order valence-corrected chi connectivity index (χ0v) is 9.77. The van der Waals surface area contributed by atoms with Crippen LogP contribution < -0.4 is 0 Å². The number of ether oxygens (including phenoxy) is 1. The second-order valence-corrected chi connectivity index (χ2v) is 5.15. The maximum absolute atomic E-state index is 12.0. The molecule has 15 heavy (non-hydrogen) atoms. The fraction of sp³-hybridized carbons (Fsp3) is 0.800. The third-order valence-corrected chi connectivity index (χ3v) is 4.04. The Morgan fingerprint density at radius 3 is 2.20 bits per heavy atom. The van der Waals surface area contributed by atoms with E-state index in [9.17, 15) is 9.59 Å². The van der Waals surface area contributed by atoms with Gasteiger partial charge in [-0.15, -0.1) is 0 Å². The molecule has 0 aromatic carbocycles. The summed E-state index contributed by atoms with van der Waals surface area (Å²) >= 11 is 3.26. The lowest BCUT2D eigenvalue weighted by Gasteiger charge is -2.15. The van der Waals surface area contributed by atoms with Crippen LogP contribution in [-0.4, -0.2) is 40.8 Å². The quantitative estimate of drug-likeness (QED) is 0.545. The number of halogens is 1. The van der Waals surface area contributed by atoms with Crippen LogP contribution in [0.1, 0.15) is 12.8 Å². The molecule has 0 aromatic heterocycles. The highest BCUT2D eigenvalue weighted by molar-refractivity contribution is 9.09. The van der Waals surface area contributed by atoms with Crippen molar-refractivity contribution in [2.75, 3.05) is 11.9 Å². The Labute approximate surface area is 96.1 Å². The molecular formula is C10H12BrNO3. The molecule has 3 aliphatic heterocycles. The molecule has 3 rings (SSSR count). The third-order valence-electron chi connectivity index (χ3n) is 3.68. The Balaban J connectivity index is 1.90. The van der Waals surface area contributed by atoms with Crippen LogP contribution in [0, 0.1) is 11.8 Å². The first-order valence-electron chi connectivity index (χ1n) is 5.30. The number of amides is 2. The van der Waals surface area contributed by atoms with Crippen LogP contribution in [0.4, 0.5) is 0 Å². The third kappa shape index (κ3) is 1.16. The Morgan fingerprint density at radius 1 is 1.20 bits per heavy atom. The highest BCUT2D eigenvalue weighted by Gasteiger charge is 2.61. The van der Waals surface area contributed by atoms with E-state index in [0.29, 0.717) is 11.9 Å². The van der Waals surface area contributed by atoms with Gasteiger partial charge < -0.3 is 4.74 Å². The van der Waals surface area contributed by atoms with Crippen LogP contribution in [0.2, 0.25) is 0 Å². The number of imide groups is 1. The summed E-state index contributed by atoms with van der Waals surface area (Å²) in [6.07, 6.45) is 1.90. The minimum Gasteiger partial charge on any atom is -0.373 e. The van der Waals surface area contributed by atoms with Gasteiger partial charge in [-0.2, -0.15) is 0 Å². The number of nitrogens with zero attached hydrogens (tertiary/aromatic N) is 1. The first-order chi connectivity index (χ1) is 7.24. The van der Waals surface area contributed by atoms with Crippen molar-refractivity contribution in [2.45, 2.75) is 25.0 Å². The average Bonchev–Trinajstić information content (AvgIpc) is 2.87. The predicted molar refractivity (Wildman–Crippen MR) is 55.4 cm³/mol. The number of alkyl halides is 1.